The van der Waals surface area contributed by atoms with Gasteiger partial charge in [0.25, 0.3) is 10.0 Å². The Morgan fingerprint density at radius 1 is 1.31 bits per heavy atom. The molecule has 0 bridgehead atoms. The summed E-state index contributed by atoms with van der Waals surface area (Å²) in [6.07, 6.45) is 0.970. The van der Waals surface area contributed by atoms with Gasteiger partial charge in [-0.25, -0.2) is 12.8 Å². The van der Waals surface area contributed by atoms with Crippen LogP contribution in [0, 0.1) is 18.7 Å². The van der Waals surface area contributed by atoms with Gasteiger partial charge in [0.1, 0.15) is 10.0 Å². The molecule has 0 aliphatic carbocycles. The van der Waals surface area contributed by atoms with Crippen molar-refractivity contribution < 1.29 is 17.6 Å². The lowest BCUT2D eigenvalue weighted by Crippen LogP contribution is -2.42. The van der Waals surface area contributed by atoms with Gasteiger partial charge in [-0.15, -0.1) is 11.3 Å². The van der Waals surface area contributed by atoms with Crippen LogP contribution in [-0.4, -0.2) is 31.7 Å². The Balaban J connectivity index is 1.53. The van der Waals surface area contributed by atoms with Crippen molar-refractivity contribution in [2.24, 2.45) is 5.92 Å². The number of piperidine rings is 1. The molecule has 1 N–H and O–H groups in total. The molecule has 1 aromatic carbocycles. The van der Waals surface area contributed by atoms with Gasteiger partial charge < -0.3 is 5.32 Å². The Morgan fingerprint density at radius 3 is 2.65 bits per heavy atom. The van der Waals surface area contributed by atoms with E-state index < -0.39 is 10.0 Å². The van der Waals surface area contributed by atoms with Gasteiger partial charge in [-0.3, -0.25) is 4.79 Å². The maximum Gasteiger partial charge on any atom is 0.252 e. The van der Waals surface area contributed by atoms with Gasteiger partial charge >= 0.3 is 0 Å². The zero-order valence-corrected chi connectivity index (χ0v) is 16.1. The minimum absolute atomic E-state index is 0.112. The van der Waals surface area contributed by atoms with Crippen LogP contribution in [0.5, 0.6) is 0 Å². The van der Waals surface area contributed by atoms with Gasteiger partial charge in [0.2, 0.25) is 5.91 Å². The summed E-state index contributed by atoms with van der Waals surface area (Å²) in [4.78, 5) is 12.3. The highest BCUT2D eigenvalue weighted by Gasteiger charge is 2.32. The number of halogens is 1. The number of sulfonamides is 1. The molecule has 1 aliphatic rings. The first kappa shape index (κ1) is 19.0. The van der Waals surface area contributed by atoms with Gasteiger partial charge in [-0.05, 0) is 48.4 Å². The third-order valence-corrected chi connectivity index (χ3v) is 7.89. The highest BCUT2D eigenvalue weighted by molar-refractivity contribution is 7.91. The molecule has 0 saturated carbocycles. The van der Waals surface area contributed by atoms with Gasteiger partial charge in [0, 0.05) is 25.6 Å². The van der Waals surface area contributed by atoms with Crippen LogP contribution in [0.1, 0.15) is 24.0 Å². The second-order valence-corrected chi connectivity index (χ2v) is 9.52. The van der Waals surface area contributed by atoms with Crippen LogP contribution in [-0.2, 0) is 21.4 Å². The summed E-state index contributed by atoms with van der Waals surface area (Å²) in [5, 5.41) is 4.56. The molecular formula is C18H21FN2O3S2. The van der Waals surface area contributed by atoms with Crippen molar-refractivity contribution in [1.29, 1.82) is 0 Å². The normalized spacial score (nSPS) is 16.5. The minimum Gasteiger partial charge on any atom is -0.352 e. The number of amides is 1. The van der Waals surface area contributed by atoms with Crippen molar-refractivity contribution in [3.05, 3.63) is 52.7 Å². The van der Waals surface area contributed by atoms with Crippen LogP contribution in [0.15, 0.2) is 39.9 Å². The molecule has 1 fully saturated rings. The zero-order valence-electron chi connectivity index (χ0n) is 14.4. The predicted octanol–water partition coefficient (Wildman–Crippen LogP) is 2.91. The number of hydrogen-bond donors (Lipinski definition) is 1. The van der Waals surface area contributed by atoms with Crippen LogP contribution in [0.4, 0.5) is 4.39 Å². The Morgan fingerprint density at radius 2 is 2.04 bits per heavy atom. The van der Waals surface area contributed by atoms with Crippen molar-refractivity contribution >= 4 is 27.3 Å². The summed E-state index contributed by atoms with van der Waals surface area (Å²) in [7, 11) is -3.45. The van der Waals surface area contributed by atoms with E-state index in [0.29, 0.717) is 41.3 Å². The van der Waals surface area contributed by atoms with E-state index in [4.69, 9.17) is 0 Å². The van der Waals surface area contributed by atoms with Crippen LogP contribution < -0.4 is 5.32 Å². The fourth-order valence-corrected chi connectivity index (χ4v) is 5.59. The second kappa shape index (κ2) is 7.85. The van der Waals surface area contributed by atoms with Crippen LogP contribution in [0.25, 0.3) is 0 Å². The van der Waals surface area contributed by atoms with E-state index in [1.54, 1.807) is 36.6 Å². The number of carbonyl (C=O) groups excluding carboxylic acids is 1. The highest BCUT2D eigenvalue weighted by atomic mass is 32.2. The SMILES string of the molecule is Cc1ccc(CNC(=O)C2CCN(S(=O)(=O)c3cccs3)CC2)cc1F. The first-order chi connectivity index (χ1) is 12.4. The summed E-state index contributed by atoms with van der Waals surface area (Å²) in [6, 6.07) is 8.20. The lowest BCUT2D eigenvalue weighted by Gasteiger charge is -2.30. The fraction of sp³-hybridized carbons (Fsp3) is 0.389. The quantitative estimate of drug-likeness (QED) is 0.845. The molecule has 26 heavy (non-hydrogen) atoms. The molecule has 140 valence electrons. The Hall–Kier alpha value is -1.77. The Labute approximate surface area is 156 Å². The molecule has 0 spiro atoms. The van der Waals surface area contributed by atoms with Crippen LogP contribution in [0.3, 0.4) is 0 Å². The lowest BCUT2D eigenvalue weighted by molar-refractivity contribution is -0.126. The third-order valence-electron chi connectivity index (χ3n) is 4.62. The third kappa shape index (κ3) is 4.13. The first-order valence-corrected chi connectivity index (χ1v) is 10.8. The van der Waals surface area contributed by atoms with E-state index in [9.17, 15) is 17.6 Å². The van der Waals surface area contributed by atoms with Crippen LogP contribution in [0.2, 0.25) is 0 Å². The van der Waals surface area contributed by atoms with E-state index in [2.05, 4.69) is 5.32 Å². The van der Waals surface area contributed by atoms with Crippen molar-refractivity contribution in [3.63, 3.8) is 0 Å². The molecule has 1 saturated heterocycles. The van der Waals surface area contributed by atoms with Gasteiger partial charge in [-0.1, -0.05) is 18.2 Å². The molecule has 1 aliphatic heterocycles. The standard InChI is InChI=1S/C18H21FN2O3S2/c1-13-4-5-14(11-16(13)19)12-20-18(22)15-6-8-21(9-7-15)26(23,24)17-3-2-10-25-17/h2-5,10-11,15H,6-9,12H2,1H3,(H,20,22). The molecule has 1 aromatic heterocycles. The smallest absolute Gasteiger partial charge is 0.252 e. The molecule has 2 heterocycles. The van der Waals surface area contributed by atoms with Crippen LogP contribution >= 0.6 is 11.3 Å². The zero-order chi connectivity index (χ0) is 18.7. The maximum absolute atomic E-state index is 13.6. The van der Waals surface area contributed by atoms with Gasteiger partial charge in [-0.2, -0.15) is 4.31 Å². The number of nitrogens with one attached hydrogen (secondary N) is 1. The molecule has 5 nitrogen and oxygen atoms in total. The summed E-state index contributed by atoms with van der Waals surface area (Å²) in [5.74, 6) is -0.622. The monoisotopic (exact) mass is 396 g/mol. The minimum atomic E-state index is -3.45. The maximum atomic E-state index is 13.6. The number of aryl methyl sites for hydroxylation is 1. The largest absolute Gasteiger partial charge is 0.352 e. The number of thiophene rings is 1. The topological polar surface area (TPSA) is 66.5 Å². The molecule has 0 radical (unpaired) electrons. The van der Waals surface area contributed by atoms with E-state index in [-0.39, 0.29) is 24.2 Å². The van der Waals surface area contributed by atoms with E-state index >= 15 is 0 Å². The van der Waals surface area contributed by atoms with E-state index in [1.807, 2.05) is 0 Å². The summed E-state index contributed by atoms with van der Waals surface area (Å²) < 4.78 is 40.3. The summed E-state index contributed by atoms with van der Waals surface area (Å²) in [5.41, 5.74) is 1.28. The lowest BCUT2D eigenvalue weighted by atomic mass is 9.97. The number of carbonyl (C=O) groups is 1. The molecular weight excluding hydrogens is 375 g/mol. The van der Waals surface area contributed by atoms with Gasteiger partial charge in [0.05, 0.1) is 0 Å². The van der Waals surface area contributed by atoms with Crippen molar-refractivity contribution in [2.75, 3.05) is 13.1 Å². The Kier molecular flexibility index (Phi) is 5.74. The summed E-state index contributed by atoms with van der Waals surface area (Å²) in [6.45, 7) is 2.62. The second-order valence-electron chi connectivity index (χ2n) is 6.41. The molecule has 0 atom stereocenters. The van der Waals surface area contributed by atoms with Crippen molar-refractivity contribution in [1.82, 2.24) is 9.62 Å². The molecule has 2 aromatic rings. The predicted molar refractivity (Wildman–Crippen MR) is 98.8 cm³/mol. The number of hydrogen-bond acceptors (Lipinski definition) is 4. The van der Waals surface area contributed by atoms with Gasteiger partial charge in [0.15, 0.2) is 0 Å². The van der Waals surface area contributed by atoms with Crippen molar-refractivity contribution in [2.45, 2.75) is 30.5 Å². The molecule has 1 amide bonds. The van der Waals surface area contributed by atoms with Crippen molar-refractivity contribution in [3.8, 4) is 0 Å². The van der Waals surface area contributed by atoms with E-state index in [1.165, 1.54) is 21.7 Å². The molecule has 0 unspecified atom stereocenters. The number of nitrogens with zero attached hydrogens (tertiary/aromatic N) is 1. The number of benzene rings is 1. The average Bonchev–Trinajstić information content (AvgIpc) is 3.18. The molecule has 3 rings (SSSR count). The fourth-order valence-electron chi connectivity index (χ4n) is 2.98. The Bertz CT molecular complexity index is 874. The first-order valence-electron chi connectivity index (χ1n) is 8.44. The van der Waals surface area contributed by atoms with E-state index in [0.717, 1.165) is 0 Å². The number of rotatable bonds is 5. The molecule has 8 heteroatoms. The highest BCUT2D eigenvalue weighted by Crippen LogP contribution is 2.26. The average molecular weight is 397 g/mol. The summed E-state index contributed by atoms with van der Waals surface area (Å²) >= 11 is 1.20.